The lowest BCUT2D eigenvalue weighted by atomic mass is 10.00. The first kappa shape index (κ1) is 22.7. The summed E-state index contributed by atoms with van der Waals surface area (Å²) in [5.74, 6) is -0.813. The highest BCUT2D eigenvalue weighted by Gasteiger charge is 2.19. The van der Waals surface area contributed by atoms with Crippen LogP contribution < -0.4 is 4.90 Å². The van der Waals surface area contributed by atoms with E-state index in [9.17, 15) is 4.39 Å². The van der Waals surface area contributed by atoms with E-state index in [-0.39, 0.29) is 5.82 Å². The summed E-state index contributed by atoms with van der Waals surface area (Å²) in [6.07, 6.45) is 5.17. The molecule has 0 bridgehead atoms. The Bertz CT molecular complexity index is 1240. The molecular formula is C26H26F2N4O. The molecule has 0 aliphatic carbocycles. The van der Waals surface area contributed by atoms with Gasteiger partial charge in [-0.1, -0.05) is 24.3 Å². The van der Waals surface area contributed by atoms with Crippen molar-refractivity contribution >= 4 is 22.8 Å². The number of rotatable bonds is 6. The molecule has 7 heteroatoms. The first-order valence-corrected chi connectivity index (χ1v) is 10.8. The van der Waals surface area contributed by atoms with Crippen molar-refractivity contribution in [2.24, 2.45) is 4.99 Å². The minimum absolute atomic E-state index is 0.305. The second-order valence-corrected chi connectivity index (χ2v) is 8.09. The van der Waals surface area contributed by atoms with Crippen molar-refractivity contribution < 1.29 is 13.5 Å². The summed E-state index contributed by atoms with van der Waals surface area (Å²) in [5, 5.41) is 0.468. The Kier molecular flexibility index (Phi) is 6.89. The van der Waals surface area contributed by atoms with E-state index in [0.29, 0.717) is 60.6 Å². The molecule has 3 aromatic rings. The van der Waals surface area contributed by atoms with Crippen molar-refractivity contribution in [1.29, 1.82) is 0 Å². The maximum absolute atomic E-state index is 15.1. The van der Waals surface area contributed by atoms with Crippen molar-refractivity contribution in [2.45, 2.75) is 20.3 Å². The third-order valence-electron chi connectivity index (χ3n) is 5.63. The fourth-order valence-electron chi connectivity index (χ4n) is 3.88. The fraction of sp³-hybridized carbons (Fsp3) is 0.269. The molecule has 0 spiro atoms. The minimum Gasteiger partial charge on any atom is -0.378 e. The Balaban J connectivity index is 1.76. The Morgan fingerprint density at radius 1 is 1.12 bits per heavy atom. The standard InChI is InChI=1S/C26H26F2N4O/c1-4-7-29-23(17(2)3)13-18-5-6-21(27)19(12-18)26-20-14-22(28)25(15-24(20)30-16-31-26)32-8-10-33-11-9-32/h4-7,12,14-16H,1,8-11,13H2,2-3H3. The molecule has 1 fully saturated rings. The van der Waals surface area contributed by atoms with Gasteiger partial charge < -0.3 is 9.64 Å². The zero-order chi connectivity index (χ0) is 23.4. The van der Waals surface area contributed by atoms with Crippen LogP contribution in [0.2, 0.25) is 0 Å². The molecule has 0 atom stereocenters. The van der Waals surface area contributed by atoms with E-state index in [2.05, 4.69) is 21.5 Å². The molecule has 1 saturated heterocycles. The largest absolute Gasteiger partial charge is 0.378 e. The number of hydrogen-bond donors (Lipinski definition) is 0. The fourth-order valence-corrected chi connectivity index (χ4v) is 3.88. The number of halogens is 2. The average molecular weight is 449 g/mol. The molecule has 1 aromatic heterocycles. The molecular weight excluding hydrogens is 422 g/mol. The van der Waals surface area contributed by atoms with Gasteiger partial charge >= 0.3 is 0 Å². The Morgan fingerprint density at radius 3 is 2.64 bits per heavy atom. The lowest BCUT2D eigenvalue weighted by Crippen LogP contribution is -2.36. The number of allylic oxidation sites excluding steroid dienone is 3. The van der Waals surface area contributed by atoms with Crippen LogP contribution in [0.1, 0.15) is 19.4 Å². The van der Waals surface area contributed by atoms with Gasteiger partial charge in [0.25, 0.3) is 0 Å². The van der Waals surface area contributed by atoms with Crippen molar-refractivity contribution in [3.05, 3.63) is 77.8 Å². The van der Waals surface area contributed by atoms with Crippen LogP contribution in [0.25, 0.3) is 22.2 Å². The van der Waals surface area contributed by atoms with Crippen LogP contribution in [0.5, 0.6) is 0 Å². The van der Waals surface area contributed by atoms with Gasteiger partial charge in [-0.25, -0.2) is 18.7 Å². The second-order valence-electron chi connectivity index (χ2n) is 8.09. The van der Waals surface area contributed by atoms with Crippen molar-refractivity contribution in [2.75, 3.05) is 31.2 Å². The van der Waals surface area contributed by atoms with Gasteiger partial charge in [0, 0.05) is 42.4 Å². The van der Waals surface area contributed by atoms with Gasteiger partial charge in [-0.15, -0.1) is 0 Å². The van der Waals surface area contributed by atoms with Gasteiger partial charge in [-0.3, -0.25) is 4.99 Å². The van der Waals surface area contributed by atoms with E-state index in [1.54, 1.807) is 30.5 Å². The Labute approximate surface area is 192 Å². The number of nitrogens with zero attached hydrogens (tertiary/aromatic N) is 4. The highest BCUT2D eigenvalue weighted by Crippen LogP contribution is 2.33. The lowest BCUT2D eigenvalue weighted by Gasteiger charge is -2.29. The summed E-state index contributed by atoms with van der Waals surface area (Å²) in [4.78, 5) is 15.0. The van der Waals surface area contributed by atoms with Gasteiger partial charge in [0.2, 0.25) is 0 Å². The number of hydrogen-bond acceptors (Lipinski definition) is 5. The summed E-state index contributed by atoms with van der Waals surface area (Å²) in [5.41, 5.74) is 4.51. The smallest absolute Gasteiger partial charge is 0.147 e. The summed E-state index contributed by atoms with van der Waals surface area (Å²) in [7, 11) is 0. The molecule has 4 rings (SSSR count). The number of fused-ring (bicyclic) bond motifs is 1. The van der Waals surface area contributed by atoms with Crippen LogP contribution in [0.4, 0.5) is 14.5 Å². The van der Waals surface area contributed by atoms with E-state index >= 15 is 4.39 Å². The van der Waals surface area contributed by atoms with E-state index in [4.69, 9.17) is 4.74 Å². The molecule has 0 radical (unpaired) electrons. The predicted octanol–water partition coefficient (Wildman–Crippen LogP) is 5.50. The quantitative estimate of drug-likeness (QED) is 0.467. The highest BCUT2D eigenvalue weighted by atomic mass is 19.1. The average Bonchev–Trinajstić information content (AvgIpc) is 2.82. The molecule has 2 heterocycles. The van der Waals surface area contributed by atoms with Crippen LogP contribution in [-0.2, 0) is 11.2 Å². The molecule has 1 aliphatic rings. The molecule has 33 heavy (non-hydrogen) atoms. The molecule has 1 aliphatic heterocycles. The van der Waals surface area contributed by atoms with Crippen molar-refractivity contribution in [1.82, 2.24) is 9.97 Å². The zero-order valence-electron chi connectivity index (χ0n) is 18.8. The van der Waals surface area contributed by atoms with Crippen LogP contribution >= 0.6 is 0 Å². The van der Waals surface area contributed by atoms with Gasteiger partial charge in [-0.2, -0.15) is 0 Å². The zero-order valence-corrected chi connectivity index (χ0v) is 18.8. The topological polar surface area (TPSA) is 50.6 Å². The number of morpholine rings is 1. The van der Waals surface area contributed by atoms with Gasteiger partial charge in [0.1, 0.15) is 18.0 Å². The van der Waals surface area contributed by atoms with Crippen molar-refractivity contribution in [3.63, 3.8) is 0 Å². The first-order chi connectivity index (χ1) is 16.0. The van der Waals surface area contributed by atoms with Crippen molar-refractivity contribution in [3.8, 4) is 11.3 Å². The number of aromatic nitrogens is 2. The molecule has 170 valence electrons. The molecule has 0 unspecified atom stereocenters. The third-order valence-corrected chi connectivity index (χ3v) is 5.63. The minimum atomic E-state index is -0.426. The predicted molar refractivity (Wildman–Crippen MR) is 129 cm³/mol. The normalized spacial score (nSPS) is 14.1. The van der Waals surface area contributed by atoms with E-state index in [0.717, 1.165) is 16.8 Å². The number of ether oxygens (including phenoxy) is 1. The number of aliphatic imine (C=N–C) groups is 1. The van der Waals surface area contributed by atoms with Crippen LogP contribution in [0.3, 0.4) is 0 Å². The van der Waals surface area contributed by atoms with E-state index in [1.807, 2.05) is 18.7 Å². The third kappa shape index (κ3) is 4.98. The highest BCUT2D eigenvalue weighted by molar-refractivity contribution is 5.94. The molecule has 0 saturated carbocycles. The number of benzene rings is 2. The van der Waals surface area contributed by atoms with E-state index in [1.165, 1.54) is 18.5 Å². The first-order valence-electron chi connectivity index (χ1n) is 10.8. The monoisotopic (exact) mass is 448 g/mol. The number of anilines is 1. The van der Waals surface area contributed by atoms with Gasteiger partial charge in [0.05, 0.1) is 30.1 Å². The maximum Gasteiger partial charge on any atom is 0.147 e. The van der Waals surface area contributed by atoms with Gasteiger partial charge in [0.15, 0.2) is 0 Å². The summed E-state index contributed by atoms with van der Waals surface area (Å²) in [6, 6.07) is 7.99. The van der Waals surface area contributed by atoms with Crippen LogP contribution in [-0.4, -0.2) is 42.5 Å². The summed E-state index contributed by atoms with van der Waals surface area (Å²) < 4.78 is 35.4. The Morgan fingerprint density at radius 2 is 1.91 bits per heavy atom. The van der Waals surface area contributed by atoms with E-state index < -0.39 is 5.82 Å². The lowest BCUT2D eigenvalue weighted by molar-refractivity contribution is 0.122. The molecule has 0 N–H and O–H groups in total. The summed E-state index contributed by atoms with van der Waals surface area (Å²) >= 11 is 0. The SMILES string of the molecule is C=CC=NC(Cc1ccc(F)c(-c2ncnc3cc(N4CCOCC4)c(F)cc23)c1)=C(C)C. The van der Waals surface area contributed by atoms with Gasteiger partial charge in [-0.05, 0) is 43.7 Å². The molecule has 5 nitrogen and oxygen atoms in total. The second kappa shape index (κ2) is 10.0. The Hall–Kier alpha value is -3.45. The molecule has 2 aromatic carbocycles. The van der Waals surface area contributed by atoms with Crippen LogP contribution in [0.15, 0.2) is 65.6 Å². The molecule has 0 amide bonds. The summed E-state index contributed by atoms with van der Waals surface area (Å²) in [6.45, 7) is 9.94. The maximum atomic E-state index is 15.1. The van der Waals surface area contributed by atoms with Crippen LogP contribution in [0, 0.1) is 11.6 Å².